The average molecular weight is 271 g/mol. The van der Waals surface area contributed by atoms with Crippen molar-refractivity contribution >= 4 is 23.5 Å². The van der Waals surface area contributed by atoms with Crippen molar-refractivity contribution in [3.05, 3.63) is 40.6 Å². The van der Waals surface area contributed by atoms with Crippen LogP contribution in [0.4, 0.5) is 17.3 Å². The first-order chi connectivity index (χ1) is 9.63. The lowest BCUT2D eigenvalue weighted by Crippen LogP contribution is -2.34. The Labute approximate surface area is 114 Å². The van der Waals surface area contributed by atoms with Crippen LogP contribution >= 0.6 is 0 Å². The molecule has 0 spiro atoms. The first kappa shape index (κ1) is 12.2. The highest BCUT2D eigenvalue weighted by Crippen LogP contribution is 2.16. The molecule has 0 aromatic carbocycles. The minimum absolute atomic E-state index is 0.180. The van der Waals surface area contributed by atoms with Crippen LogP contribution in [-0.2, 0) is 7.05 Å². The van der Waals surface area contributed by atoms with Crippen LogP contribution in [0.1, 0.15) is 5.69 Å². The summed E-state index contributed by atoms with van der Waals surface area (Å²) in [5.41, 5.74) is 6.76. The third-order valence-electron chi connectivity index (χ3n) is 2.93. The van der Waals surface area contributed by atoms with Gasteiger partial charge in [-0.05, 0) is 6.07 Å². The summed E-state index contributed by atoms with van der Waals surface area (Å²) in [4.78, 5) is 24.0. The summed E-state index contributed by atoms with van der Waals surface area (Å²) >= 11 is 0. The van der Waals surface area contributed by atoms with Crippen molar-refractivity contribution in [2.75, 3.05) is 16.4 Å². The van der Waals surface area contributed by atoms with Crippen LogP contribution in [0.15, 0.2) is 34.3 Å². The van der Waals surface area contributed by atoms with E-state index in [1.54, 1.807) is 31.6 Å². The first-order valence-electron chi connectivity index (χ1n) is 5.97. The molecule has 1 aliphatic rings. The van der Waals surface area contributed by atoms with Gasteiger partial charge in [-0.2, -0.15) is 0 Å². The van der Waals surface area contributed by atoms with E-state index < -0.39 is 6.29 Å². The van der Waals surface area contributed by atoms with Gasteiger partial charge >= 0.3 is 0 Å². The first-order valence-corrected chi connectivity index (χ1v) is 5.97. The number of aromatic nitrogens is 3. The number of nitrogens with one attached hydrogen (secondary N) is 2. The van der Waals surface area contributed by atoms with Crippen molar-refractivity contribution < 1.29 is 0 Å². The maximum atomic E-state index is 11.5. The Balaban J connectivity index is 1.84. The van der Waals surface area contributed by atoms with E-state index in [0.29, 0.717) is 23.0 Å². The molecule has 3 rings (SSSR count). The number of nitrogens with zero attached hydrogens (tertiary/aromatic N) is 4. The molecular weight excluding hydrogens is 258 g/mol. The molecule has 0 bridgehead atoms. The molecule has 0 radical (unpaired) electrons. The lowest BCUT2D eigenvalue weighted by atomic mass is 10.3. The molecule has 0 saturated heterocycles. The molecule has 102 valence electrons. The fraction of sp³-hybridized carbons (Fsp3) is 0.167. The molecule has 0 amide bonds. The fourth-order valence-electron chi connectivity index (χ4n) is 1.86. The van der Waals surface area contributed by atoms with Crippen molar-refractivity contribution in [1.82, 2.24) is 14.5 Å². The fourth-order valence-corrected chi connectivity index (χ4v) is 1.86. The molecular formula is C12H13N7O. The van der Waals surface area contributed by atoms with Gasteiger partial charge in [0.15, 0.2) is 12.1 Å². The summed E-state index contributed by atoms with van der Waals surface area (Å²) < 4.78 is 1.48. The predicted octanol–water partition coefficient (Wildman–Crippen LogP) is -0.00240. The van der Waals surface area contributed by atoms with E-state index in [2.05, 4.69) is 25.6 Å². The van der Waals surface area contributed by atoms with Gasteiger partial charge in [-0.15, -0.1) is 0 Å². The standard InChI is InChI=1S/C12H13N7O/c1-19-8-5-16-12(18-11(8)15-6-10(19)20)17-9-4-7(13)2-3-14-9/h2-6,12,18H,1H3,(H3,13,14,17). The van der Waals surface area contributed by atoms with Gasteiger partial charge in [-0.25, -0.2) is 15.0 Å². The second-order valence-electron chi connectivity index (χ2n) is 4.33. The Morgan fingerprint density at radius 3 is 3.10 bits per heavy atom. The van der Waals surface area contributed by atoms with Gasteiger partial charge in [0, 0.05) is 25.0 Å². The number of nitrogen functional groups attached to an aromatic ring is 1. The van der Waals surface area contributed by atoms with Crippen LogP contribution in [0.25, 0.3) is 0 Å². The SMILES string of the molecule is Cn1c2c(ncc1=O)NC(Nc1cc(N)ccn1)N=C2. The number of fused-ring (bicyclic) bond motifs is 1. The summed E-state index contributed by atoms with van der Waals surface area (Å²) in [6, 6.07) is 3.41. The van der Waals surface area contributed by atoms with E-state index >= 15 is 0 Å². The van der Waals surface area contributed by atoms with Gasteiger partial charge in [-0.1, -0.05) is 0 Å². The second-order valence-corrected chi connectivity index (χ2v) is 4.33. The predicted molar refractivity (Wildman–Crippen MR) is 76.8 cm³/mol. The van der Waals surface area contributed by atoms with Crippen molar-refractivity contribution in [1.29, 1.82) is 0 Å². The highest BCUT2D eigenvalue weighted by atomic mass is 16.1. The van der Waals surface area contributed by atoms with E-state index in [1.165, 1.54) is 10.8 Å². The lowest BCUT2D eigenvalue weighted by molar-refractivity contribution is 0.787. The smallest absolute Gasteiger partial charge is 0.269 e. The molecule has 1 atom stereocenters. The molecule has 2 aromatic heterocycles. The number of pyridine rings is 1. The summed E-state index contributed by atoms with van der Waals surface area (Å²) in [5.74, 6) is 1.19. The molecule has 2 aromatic rings. The van der Waals surface area contributed by atoms with E-state index in [4.69, 9.17) is 5.73 Å². The molecule has 0 aliphatic carbocycles. The average Bonchev–Trinajstić information content (AvgIpc) is 2.43. The summed E-state index contributed by atoms with van der Waals surface area (Å²) in [6.45, 7) is 0. The zero-order valence-corrected chi connectivity index (χ0v) is 10.7. The van der Waals surface area contributed by atoms with Crippen LogP contribution in [0.2, 0.25) is 0 Å². The number of anilines is 3. The topological polar surface area (TPSA) is 110 Å². The van der Waals surface area contributed by atoms with Crippen molar-refractivity contribution in [2.24, 2.45) is 12.0 Å². The number of nitrogens with two attached hydrogens (primary N) is 1. The van der Waals surface area contributed by atoms with Gasteiger partial charge < -0.3 is 20.9 Å². The largest absolute Gasteiger partial charge is 0.399 e. The van der Waals surface area contributed by atoms with Gasteiger partial charge in [-0.3, -0.25) is 4.79 Å². The van der Waals surface area contributed by atoms with Crippen LogP contribution in [0, 0.1) is 0 Å². The van der Waals surface area contributed by atoms with E-state index in [9.17, 15) is 4.79 Å². The zero-order chi connectivity index (χ0) is 14.1. The lowest BCUT2D eigenvalue weighted by Gasteiger charge is -2.22. The van der Waals surface area contributed by atoms with Crippen LogP contribution in [0.3, 0.4) is 0 Å². The monoisotopic (exact) mass is 271 g/mol. The summed E-state index contributed by atoms with van der Waals surface area (Å²) in [6.07, 6.45) is 4.06. The highest BCUT2D eigenvalue weighted by Gasteiger charge is 2.17. The van der Waals surface area contributed by atoms with E-state index in [0.717, 1.165) is 0 Å². The number of hydrogen-bond donors (Lipinski definition) is 3. The van der Waals surface area contributed by atoms with Crippen molar-refractivity contribution in [3.63, 3.8) is 0 Å². The Morgan fingerprint density at radius 1 is 1.45 bits per heavy atom. The molecule has 4 N–H and O–H groups in total. The maximum absolute atomic E-state index is 11.5. The van der Waals surface area contributed by atoms with Gasteiger partial charge in [0.1, 0.15) is 11.5 Å². The number of rotatable bonds is 2. The summed E-state index contributed by atoms with van der Waals surface area (Å²) in [5, 5.41) is 6.14. The third-order valence-corrected chi connectivity index (χ3v) is 2.93. The van der Waals surface area contributed by atoms with Crippen molar-refractivity contribution in [3.8, 4) is 0 Å². The van der Waals surface area contributed by atoms with Crippen LogP contribution in [-0.4, -0.2) is 27.0 Å². The highest BCUT2D eigenvalue weighted by molar-refractivity contribution is 5.86. The Morgan fingerprint density at radius 2 is 2.30 bits per heavy atom. The maximum Gasteiger partial charge on any atom is 0.269 e. The minimum atomic E-state index is -0.415. The van der Waals surface area contributed by atoms with Gasteiger partial charge in [0.05, 0.1) is 12.4 Å². The zero-order valence-electron chi connectivity index (χ0n) is 10.7. The molecule has 3 heterocycles. The molecule has 20 heavy (non-hydrogen) atoms. The van der Waals surface area contributed by atoms with E-state index in [1.807, 2.05) is 0 Å². The van der Waals surface area contributed by atoms with Gasteiger partial charge in [0.25, 0.3) is 5.56 Å². The second kappa shape index (κ2) is 4.65. The Hall–Kier alpha value is -2.90. The minimum Gasteiger partial charge on any atom is -0.399 e. The van der Waals surface area contributed by atoms with Crippen LogP contribution < -0.4 is 21.9 Å². The number of aliphatic imine (C=N–C) groups is 1. The molecule has 8 nitrogen and oxygen atoms in total. The molecule has 0 saturated carbocycles. The summed E-state index contributed by atoms with van der Waals surface area (Å²) in [7, 11) is 1.67. The molecule has 1 unspecified atom stereocenters. The number of hydrogen-bond acceptors (Lipinski definition) is 7. The third kappa shape index (κ3) is 2.18. The quantitative estimate of drug-likeness (QED) is 0.709. The van der Waals surface area contributed by atoms with E-state index in [-0.39, 0.29) is 5.56 Å². The normalized spacial score (nSPS) is 16.4. The molecule has 0 fully saturated rings. The molecule has 1 aliphatic heterocycles. The van der Waals surface area contributed by atoms with Crippen molar-refractivity contribution in [2.45, 2.75) is 6.29 Å². The van der Waals surface area contributed by atoms with Gasteiger partial charge in [0.2, 0.25) is 0 Å². The molecule has 8 heteroatoms. The Bertz CT molecular complexity index is 737. The Kier molecular flexibility index (Phi) is 2.82. The van der Waals surface area contributed by atoms with Crippen LogP contribution in [0.5, 0.6) is 0 Å².